The summed E-state index contributed by atoms with van der Waals surface area (Å²) < 4.78 is 8.28. The van der Waals surface area contributed by atoms with Gasteiger partial charge in [-0.15, -0.1) is 5.10 Å². The number of pyridine rings is 1. The molecule has 108 valence electrons. The average molecular weight is 284 g/mol. The maximum Gasteiger partial charge on any atom is 0.350 e. The minimum absolute atomic E-state index is 0.175. The third-order valence-corrected chi connectivity index (χ3v) is 3.39. The zero-order valence-corrected chi connectivity index (χ0v) is 11.7. The van der Waals surface area contributed by atoms with Crippen molar-refractivity contribution in [1.29, 1.82) is 0 Å². The molecule has 0 atom stereocenters. The largest absolute Gasteiger partial charge is 0.496 e. The molecule has 0 radical (unpaired) electrons. The molecule has 0 aliphatic heterocycles. The van der Waals surface area contributed by atoms with Gasteiger partial charge in [-0.25, -0.2) is 9.48 Å². The van der Waals surface area contributed by atoms with Crippen molar-refractivity contribution in [2.45, 2.75) is 13.1 Å². The Kier molecular flexibility index (Phi) is 3.45. The average Bonchev–Trinajstić information content (AvgIpc) is 2.84. The number of nitrogens with two attached hydrogens (primary N) is 1. The third kappa shape index (κ3) is 2.41. The molecule has 0 fully saturated rings. The predicted molar refractivity (Wildman–Crippen MR) is 79.4 cm³/mol. The van der Waals surface area contributed by atoms with Crippen molar-refractivity contribution in [3.05, 3.63) is 64.2 Å². The van der Waals surface area contributed by atoms with Crippen molar-refractivity contribution >= 4 is 5.65 Å². The van der Waals surface area contributed by atoms with Gasteiger partial charge in [0.25, 0.3) is 0 Å². The van der Waals surface area contributed by atoms with Crippen molar-refractivity contribution < 1.29 is 4.74 Å². The Morgan fingerprint density at radius 3 is 2.86 bits per heavy atom. The molecule has 0 saturated carbocycles. The number of methoxy groups -OCH3 is 1. The molecule has 0 spiro atoms. The minimum atomic E-state index is -0.175. The summed E-state index contributed by atoms with van der Waals surface area (Å²) >= 11 is 0. The zero-order chi connectivity index (χ0) is 14.8. The Bertz CT molecular complexity index is 835. The molecule has 1 aromatic carbocycles. The fraction of sp³-hybridized carbons (Fsp3) is 0.200. The number of nitrogens with zero attached hydrogens (tertiary/aromatic N) is 3. The first-order valence-electron chi connectivity index (χ1n) is 6.63. The van der Waals surface area contributed by atoms with Crippen LogP contribution in [0, 0.1) is 0 Å². The molecule has 6 heteroatoms. The van der Waals surface area contributed by atoms with Crippen LogP contribution in [0.5, 0.6) is 5.75 Å². The van der Waals surface area contributed by atoms with Gasteiger partial charge < -0.3 is 10.5 Å². The second kappa shape index (κ2) is 5.41. The van der Waals surface area contributed by atoms with Crippen LogP contribution in [-0.4, -0.2) is 21.3 Å². The predicted octanol–water partition coefficient (Wildman–Crippen LogP) is 1.01. The normalized spacial score (nSPS) is 11.0. The fourth-order valence-corrected chi connectivity index (χ4v) is 2.31. The highest BCUT2D eigenvalue weighted by atomic mass is 16.5. The molecule has 3 aromatic rings. The number of hydrogen-bond donors (Lipinski definition) is 1. The van der Waals surface area contributed by atoms with Crippen LogP contribution < -0.4 is 16.2 Å². The molecular formula is C15H16N4O2. The maximum atomic E-state index is 12.3. The Hall–Kier alpha value is -2.60. The van der Waals surface area contributed by atoms with E-state index in [-0.39, 0.29) is 5.69 Å². The number of aromatic nitrogens is 3. The van der Waals surface area contributed by atoms with Crippen molar-refractivity contribution in [2.75, 3.05) is 7.11 Å². The van der Waals surface area contributed by atoms with Crippen molar-refractivity contribution in [2.24, 2.45) is 5.73 Å². The minimum Gasteiger partial charge on any atom is -0.496 e. The SMILES string of the molecule is COc1ccc(CN)cc1Cn1nc2ccccn2c1=O. The van der Waals surface area contributed by atoms with E-state index in [2.05, 4.69) is 5.10 Å². The zero-order valence-electron chi connectivity index (χ0n) is 11.7. The Morgan fingerprint density at radius 2 is 2.14 bits per heavy atom. The molecule has 0 unspecified atom stereocenters. The second-order valence-corrected chi connectivity index (χ2v) is 4.72. The van der Waals surface area contributed by atoms with Crippen LogP contribution in [0.2, 0.25) is 0 Å². The van der Waals surface area contributed by atoms with E-state index >= 15 is 0 Å². The number of hydrogen-bond acceptors (Lipinski definition) is 4. The number of benzene rings is 1. The molecule has 21 heavy (non-hydrogen) atoms. The lowest BCUT2D eigenvalue weighted by atomic mass is 10.1. The topological polar surface area (TPSA) is 74.6 Å². The van der Waals surface area contributed by atoms with Gasteiger partial charge in [0.2, 0.25) is 0 Å². The van der Waals surface area contributed by atoms with Crippen molar-refractivity contribution in [3.8, 4) is 5.75 Å². The molecule has 2 aromatic heterocycles. The smallest absolute Gasteiger partial charge is 0.350 e. The first kappa shape index (κ1) is 13.4. The molecule has 0 bridgehead atoms. The van der Waals surface area contributed by atoms with Gasteiger partial charge >= 0.3 is 5.69 Å². The lowest BCUT2D eigenvalue weighted by Crippen LogP contribution is -2.22. The summed E-state index contributed by atoms with van der Waals surface area (Å²) in [4.78, 5) is 12.3. The van der Waals surface area contributed by atoms with E-state index in [9.17, 15) is 4.79 Å². The van der Waals surface area contributed by atoms with Crippen LogP contribution >= 0.6 is 0 Å². The molecule has 3 rings (SSSR count). The number of ether oxygens (including phenoxy) is 1. The maximum absolute atomic E-state index is 12.3. The summed E-state index contributed by atoms with van der Waals surface area (Å²) in [6.45, 7) is 0.786. The molecule has 2 heterocycles. The third-order valence-electron chi connectivity index (χ3n) is 3.39. The van der Waals surface area contributed by atoms with Gasteiger partial charge in [0.05, 0.1) is 13.7 Å². The summed E-state index contributed by atoms with van der Waals surface area (Å²) in [5.74, 6) is 0.719. The van der Waals surface area contributed by atoms with E-state index < -0.39 is 0 Å². The Morgan fingerprint density at radius 1 is 1.29 bits per heavy atom. The van der Waals surface area contributed by atoms with Crippen LogP contribution in [0.4, 0.5) is 0 Å². The van der Waals surface area contributed by atoms with E-state index in [1.807, 2.05) is 24.3 Å². The summed E-state index contributed by atoms with van der Waals surface area (Å²) in [5.41, 5.74) is 7.98. The molecule has 2 N–H and O–H groups in total. The summed E-state index contributed by atoms with van der Waals surface area (Å²) in [5, 5.41) is 4.32. The van der Waals surface area contributed by atoms with Crippen LogP contribution in [0.15, 0.2) is 47.4 Å². The highest BCUT2D eigenvalue weighted by Crippen LogP contribution is 2.20. The number of rotatable bonds is 4. The standard InChI is InChI=1S/C15H16N4O2/c1-21-13-6-5-11(9-16)8-12(13)10-19-15(20)18-7-3-2-4-14(18)17-19/h2-8H,9-10,16H2,1H3. The van der Waals surface area contributed by atoms with Gasteiger partial charge in [-0.1, -0.05) is 12.1 Å². The highest BCUT2D eigenvalue weighted by Gasteiger charge is 2.10. The van der Waals surface area contributed by atoms with Gasteiger partial charge in [-0.2, -0.15) is 0 Å². The van der Waals surface area contributed by atoms with E-state index in [1.54, 1.807) is 25.4 Å². The van der Waals surface area contributed by atoms with Gasteiger partial charge in [0.15, 0.2) is 5.65 Å². The summed E-state index contributed by atoms with van der Waals surface area (Å²) in [7, 11) is 1.60. The van der Waals surface area contributed by atoms with E-state index in [0.29, 0.717) is 18.7 Å². The van der Waals surface area contributed by atoms with Crippen molar-refractivity contribution in [3.63, 3.8) is 0 Å². The van der Waals surface area contributed by atoms with Gasteiger partial charge in [-0.3, -0.25) is 4.40 Å². The highest BCUT2D eigenvalue weighted by molar-refractivity contribution is 5.39. The Balaban J connectivity index is 2.06. The molecule has 0 amide bonds. The van der Waals surface area contributed by atoms with E-state index in [1.165, 1.54) is 9.08 Å². The van der Waals surface area contributed by atoms with Gasteiger partial charge in [-0.05, 0) is 29.8 Å². The van der Waals surface area contributed by atoms with Crippen LogP contribution in [0.1, 0.15) is 11.1 Å². The monoisotopic (exact) mass is 284 g/mol. The second-order valence-electron chi connectivity index (χ2n) is 4.72. The van der Waals surface area contributed by atoms with Crippen molar-refractivity contribution in [1.82, 2.24) is 14.2 Å². The first-order chi connectivity index (χ1) is 10.2. The molecular weight excluding hydrogens is 268 g/mol. The lowest BCUT2D eigenvalue weighted by Gasteiger charge is -2.09. The molecule has 0 aliphatic rings. The van der Waals surface area contributed by atoms with Gasteiger partial charge in [0.1, 0.15) is 5.75 Å². The first-order valence-corrected chi connectivity index (χ1v) is 6.63. The lowest BCUT2D eigenvalue weighted by molar-refractivity contribution is 0.407. The van der Waals surface area contributed by atoms with Crippen LogP contribution in [-0.2, 0) is 13.1 Å². The quantitative estimate of drug-likeness (QED) is 0.776. The van der Waals surface area contributed by atoms with Crippen LogP contribution in [0.25, 0.3) is 5.65 Å². The van der Waals surface area contributed by atoms with Crippen LogP contribution in [0.3, 0.4) is 0 Å². The van der Waals surface area contributed by atoms with E-state index in [4.69, 9.17) is 10.5 Å². The summed E-state index contributed by atoms with van der Waals surface area (Å²) in [6.07, 6.45) is 1.70. The fourth-order valence-electron chi connectivity index (χ4n) is 2.31. The molecule has 0 aliphatic carbocycles. The molecule has 6 nitrogen and oxygen atoms in total. The van der Waals surface area contributed by atoms with Gasteiger partial charge in [0, 0.05) is 18.3 Å². The summed E-state index contributed by atoms with van der Waals surface area (Å²) in [6, 6.07) is 11.2. The number of fused-ring (bicyclic) bond motifs is 1. The Labute approximate surface area is 121 Å². The molecule has 0 saturated heterocycles. The van der Waals surface area contributed by atoms with E-state index in [0.717, 1.165) is 16.9 Å².